The molecule has 50 valence electrons. The minimum Gasteiger partial charge on any atom is -0.248 e. The van der Waals surface area contributed by atoms with Crippen LogP contribution < -0.4 is 0 Å². The number of nitrogens with zero attached hydrogens (tertiary/aromatic N) is 2. The lowest BCUT2D eigenvalue weighted by Gasteiger charge is -1.83. The first-order valence-corrected chi connectivity index (χ1v) is 2.84. The van der Waals surface area contributed by atoms with Gasteiger partial charge in [-0.2, -0.15) is 0 Å². The zero-order valence-electron chi connectivity index (χ0n) is 3.84. The minimum atomic E-state index is -4.89. The zero-order chi connectivity index (χ0) is 7.49. The highest BCUT2D eigenvalue weighted by molar-refractivity contribution is 7.80. The van der Waals surface area contributed by atoms with Gasteiger partial charge in [-0.05, 0) is 0 Å². The third-order valence-corrected chi connectivity index (χ3v) is 0.975. The molecule has 0 N–H and O–H groups in total. The number of nitriles is 1. The van der Waals surface area contributed by atoms with E-state index < -0.39 is 14.6 Å². The van der Waals surface area contributed by atoms with Gasteiger partial charge in [-0.25, -0.2) is 14.3 Å². The van der Waals surface area contributed by atoms with Crippen LogP contribution in [0, 0.1) is 21.6 Å². The predicted octanol–water partition coefficient (Wildman–Crippen LogP) is -0.994. The van der Waals surface area contributed by atoms with Crippen LogP contribution in [0.4, 0.5) is 0 Å². The fourth-order valence-corrected chi connectivity index (χ4v) is 0.233. The molecule has 0 bridgehead atoms. The fourth-order valence-electron chi connectivity index (χ4n) is 0.0775. The van der Waals surface area contributed by atoms with Crippen molar-refractivity contribution < 1.29 is 16.9 Å². The Balaban J connectivity index is 4.48. The Hall–Kier alpha value is -1.36. The molecule has 0 aliphatic carbocycles. The molecule has 0 atom stereocenters. The van der Waals surface area contributed by atoms with E-state index in [0.717, 1.165) is 0 Å². The maximum absolute atomic E-state index is 9.79. The molecule has 0 unspecified atom stereocenters. The Labute approximate surface area is 49.9 Å². The third-order valence-electron chi connectivity index (χ3n) is 0.325. The number of hydrogen-bond acceptors (Lipinski definition) is 6. The fraction of sp³-hybridized carbons (Fsp3) is 0. The Bertz CT molecular complexity index is 245. The summed E-state index contributed by atoms with van der Waals surface area (Å²) < 4.78 is 20.9. The molecule has 0 radical (unpaired) electrons. The molecule has 0 aliphatic rings. The van der Waals surface area contributed by atoms with E-state index in [0.29, 0.717) is 6.26 Å². The second-order valence-electron chi connectivity index (χ2n) is 0.826. The van der Waals surface area contributed by atoms with Gasteiger partial charge in [0.25, 0.3) is 0 Å². The smallest absolute Gasteiger partial charge is 0.248 e. The number of nitro groups is 1. The molecule has 8 heteroatoms. The molecule has 0 rings (SSSR count). The summed E-state index contributed by atoms with van der Waals surface area (Å²) in [5.74, 6) is 0. The average Bonchev–Trinajstić information content (AvgIpc) is 1.65. The first kappa shape index (κ1) is 7.64. The topological polar surface area (TPSA) is 110 Å². The third kappa shape index (κ3) is 1.92. The van der Waals surface area contributed by atoms with E-state index in [1.54, 1.807) is 0 Å². The summed E-state index contributed by atoms with van der Waals surface area (Å²) in [7, 11) is -4.89. The van der Waals surface area contributed by atoms with Crippen LogP contribution in [-0.4, -0.2) is 12.7 Å². The van der Waals surface area contributed by atoms with E-state index >= 15 is 0 Å². The van der Waals surface area contributed by atoms with Gasteiger partial charge in [0.1, 0.15) is 0 Å². The summed E-state index contributed by atoms with van der Waals surface area (Å²) in [6, 6.07) is 0. The van der Waals surface area contributed by atoms with Crippen molar-refractivity contribution in [1.82, 2.24) is 0 Å². The first-order chi connectivity index (χ1) is 4.00. The van der Waals surface area contributed by atoms with Gasteiger partial charge < -0.3 is 0 Å². The highest BCUT2D eigenvalue weighted by atomic mass is 32.2. The molecule has 0 fully saturated rings. The van der Waals surface area contributed by atoms with Gasteiger partial charge in [0, 0.05) is 0 Å². The van der Waals surface area contributed by atoms with Crippen molar-refractivity contribution >= 4 is 10.3 Å². The minimum absolute atomic E-state index is 0.660. The van der Waals surface area contributed by atoms with Gasteiger partial charge in [0.05, 0.1) is 0 Å². The molecule has 7 nitrogen and oxygen atoms in total. The molecular formula is CN2O5S. The second kappa shape index (κ2) is 2.27. The van der Waals surface area contributed by atoms with Crippen LogP contribution in [-0.2, 0) is 14.5 Å². The van der Waals surface area contributed by atoms with E-state index in [-0.39, 0.29) is 0 Å². The van der Waals surface area contributed by atoms with Crippen LogP contribution in [0.15, 0.2) is 0 Å². The van der Waals surface area contributed by atoms with Crippen LogP contribution in [0.5, 0.6) is 0 Å². The van der Waals surface area contributed by atoms with Gasteiger partial charge >= 0.3 is 16.6 Å². The highest BCUT2D eigenvalue weighted by Crippen LogP contribution is 1.89. The van der Waals surface area contributed by atoms with Crippen LogP contribution in [0.2, 0.25) is 0 Å². The summed E-state index contributed by atoms with van der Waals surface area (Å²) in [6.45, 7) is 0. The zero-order valence-corrected chi connectivity index (χ0v) is 4.66. The van der Waals surface area contributed by atoms with Crippen LogP contribution in [0.1, 0.15) is 0 Å². The summed E-state index contributed by atoms with van der Waals surface area (Å²) in [5, 5.41) is 16.8. The van der Waals surface area contributed by atoms with Crippen molar-refractivity contribution in [3.05, 3.63) is 10.1 Å². The lowest BCUT2D eigenvalue weighted by molar-refractivity contribution is -0.316. The van der Waals surface area contributed by atoms with Crippen LogP contribution in [0.25, 0.3) is 0 Å². The van der Waals surface area contributed by atoms with Crippen LogP contribution in [0.3, 0.4) is 0 Å². The Morgan fingerprint density at radius 1 is 1.67 bits per heavy atom. The molecule has 0 aromatic carbocycles. The predicted molar refractivity (Wildman–Crippen MR) is 22.6 cm³/mol. The number of hydrogen-bond donors (Lipinski definition) is 0. The van der Waals surface area contributed by atoms with E-state index in [9.17, 15) is 18.5 Å². The molecule has 0 saturated carbocycles. The normalized spacial score (nSPS) is 9.67. The second-order valence-corrected chi connectivity index (χ2v) is 2.15. The molecule has 0 aromatic rings. The molecule has 0 aliphatic heterocycles. The van der Waals surface area contributed by atoms with Gasteiger partial charge in [0.2, 0.25) is 0 Å². The number of rotatable bonds is 2. The van der Waals surface area contributed by atoms with Gasteiger partial charge in [0.15, 0.2) is 4.33 Å². The molecule has 0 aromatic heterocycles. The Morgan fingerprint density at radius 3 is 2.22 bits per heavy atom. The molecule has 0 saturated heterocycles. The van der Waals surface area contributed by atoms with E-state index in [1.165, 1.54) is 0 Å². The monoisotopic (exact) mass is 152 g/mol. The maximum Gasteiger partial charge on any atom is 0.628 e. The average molecular weight is 152 g/mol. The lowest BCUT2D eigenvalue weighted by Crippen LogP contribution is -2.12. The largest absolute Gasteiger partial charge is 0.628 e. The standard InChI is InChI=1S/CN2O5S/c2-1-8-9(6,7)3(4)5. The van der Waals surface area contributed by atoms with Crippen molar-refractivity contribution in [3.63, 3.8) is 0 Å². The van der Waals surface area contributed by atoms with Crippen molar-refractivity contribution in [1.29, 1.82) is 5.26 Å². The molecular weight excluding hydrogens is 152 g/mol. The summed E-state index contributed by atoms with van der Waals surface area (Å²) in [6.07, 6.45) is 0.660. The van der Waals surface area contributed by atoms with Crippen molar-refractivity contribution in [2.75, 3.05) is 0 Å². The Morgan fingerprint density at radius 2 is 2.11 bits per heavy atom. The van der Waals surface area contributed by atoms with E-state index in [4.69, 9.17) is 5.26 Å². The van der Waals surface area contributed by atoms with Crippen molar-refractivity contribution in [2.24, 2.45) is 0 Å². The van der Waals surface area contributed by atoms with Crippen LogP contribution >= 0.6 is 0 Å². The molecule has 0 spiro atoms. The summed E-state index contributed by atoms with van der Waals surface area (Å²) in [4.78, 5) is 9.35. The quantitative estimate of drug-likeness (QED) is 0.285. The lowest BCUT2D eigenvalue weighted by atomic mass is 11.6. The van der Waals surface area contributed by atoms with Gasteiger partial charge in [-0.3, -0.25) is 0 Å². The summed E-state index contributed by atoms with van der Waals surface area (Å²) in [5.41, 5.74) is 0. The van der Waals surface area contributed by atoms with E-state index in [2.05, 4.69) is 4.18 Å². The molecule has 9 heavy (non-hydrogen) atoms. The summed E-state index contributed by atoms with van der Waals surface area (Å²) >= 11 is 0. The maximum atomic E-state index is 9.79. The Kier molecular flexibility index (Phi) is 1.93. The van der Waals surface area contributed by atoms with Gasteiger partial charge in [-0.15, -0.1) is 13.7 Å². The first-order valence-electron chi connectivity index (χ1n) is 1.48. The van der Waals surface area contributed by atoms with Crippen molar-refractivity contribution in [3.8, 4) is 6.26 Å². The van der Waals surface area contributed by atoms with Gasteiger partial charge in [-0.1, -0.05) is 0 Å². The molecule has 0 heterocycles. The van der Waals surface area contributed by atoms with E-state index in [1.807, 2.05) is 0 Å². The highest BCUT2D eigenvalue weighted by Gasteiger charge is 2.25. The van der Waals surface area contributed by atoms with Crippen molar-refractivity contribution in [2.45, 2.75) is 0 Å². The SMILES string of the molecule is N#COS(=O)(=O)[N+](=O)[O-]. The molecule has 0 amide bonds.